The molecule has 0 radical (unpaired) electrons. The van der Waals surface area contributed by atoms with E-state index in [0.717, 1.165) is 0 Å². The van der Waals surface area contributed by atoms with Gasteiger partial charge in [0.15, 0.2) is 18.0 Å². The summed E-state index contributed by atoms with van der Waals surface area (Å²) in [4.78, 5) is 24.1. The minimum atomic E-state index is -0.870. The fourth-order valence-electron chi connectivity index (χ4n) is 2.38. The lowest BCUT2D eigenvalue weighted by Gasteiger charge is -2.08. The van der Waals surface area contributed by atoms with Crippen molar-refractivity contribution in [3.63, 3.8) is 0 Å². The lowest BCUT2D eigenvalue weighted by atomic mass is 10.1. The predicted molar refractivity (Wildman–Crippen MR) is 96.3 cm³/mol. The molecule has 3 aromatic rings. The molecule has 0 aliphatic carbocycles. The lowest BCUT2D eigenvalue weighted by molar-refractivity contribution is -0.119. The monoisotopic (exact) mass is 395 g/mol. The van der Waals surface area contributed by atoms with Gasteiger partial charge in [-0.2, -0.15) is 0 Å². The molecule has 26 heavy (non-hydrogen) atoms. The molecule has 1 N–H and O–H groups in total. The number of nitrogens with one attached hydrogen (secondary N) is 1. The number of furan rings is 1. The molecule has 134 valence electrons. The predicted octanol–water partition coefficient (Wildman–Crippen LogP) is 4.98. The van der Waals surface area contributed by atoms with Gasteiger partial charge in [-0.25, -0.2) is 9.18 Å². The standard InChI is InChI=1S/C18H12Cl2FNO4/c1-9-11-3-2-4-13(21)17(11)26-16(9)18(24)25-8-15(23)22-14-7-10(19)5-6-12(14)20/h2-7H,8H2,1H3,(H,22,23). The number of amides is 1. The number of para-hydroxylation sites is 1. The van der Waals surface area contributed by atoms with Crippen LogP contribution in [0.3, 0.4) is 0 Å². The van der Waals surface area contributed by atoms with E-state index in [1.807, 2.05) is 0 Å². The number of carbonyl (C=O) groups is 2. The first-order valence-electron chi connectivity index (χ1n) is 7.46. The highest BCUT2D eigenvalue weighted by Gasteiger charge is 2.21. The summed E-state index contributed by atoms with van der Waals surface area (Å²) in [6.07, 6.45) is 0. The topological polar surface area (TPSA) is 68.5 Å². The Morgan fingerprint density at radius 1 is 1.23 bits per heavy atom. The van der Waals surface area contributed by atoms with Crippen molar-refractivity contribution >= 4 is 51.7 Å². The fraction of sp³-hybridized carbons (Fsp3) is 0.111. The molecule has 0 unspecified atom stereocenters. The first kappa shape index (κ1) is 18.2. The van der Waals surface area contributed by atoms with E-state index in [-0.39, 0.29) is 16.4 Å². The minimum Gasteiger partial charge on any atom is -0.450 e. The molecular weight excluding hydrogens is 384 g/mol. The average molecular weight is 396 g/mol. The second-order valence-corrected chi connectivity index (χ2v) is 6.26. The van der Waals surface area contributed by atoms with Crippen molar-refractivity contribution in [2.24, 2.45) is 0 Å². The van der Waals surface area contributed by atoms with Gasteiger partial charge in [0.05, 0.1) is 10.7 Å². The van der Waals surface area contributed by atoms with Crippen molar-refractivity contribution in [3.05, 3.63) is 63.6 Å². The van der Waals surface area contributed by atoms with Crippen LogP contribution in [0.1, 0.15) is 16.1 Å². The third-order valence-corrected chi connectivity index (χ3v) is 4.20. The Kier molecular flexibility index (Phi) is 5.15. The van der Waals surface area contributed by atoms with Gasteiger partial charge in [0.2, 0.25) is 5.76 Å². The van der Waals surface area contributed by atoms with Crippen LogP contribution in [0.4, 0.5) is 10.1 Å². The number of esters is 1. The minimum absolute atomic E-state index is 0.0351. The van der Waals surface area contributed by atoms with Gasteiger partial charge < -0.3 is 14.5 Å². The highest BCUT2D eigenvalue weighted by molar-refractivity contribution is 6.35. The molecule has 0 spiro atoms. The van der Waals surface area contributed by atoms with Gasteiger partial charge in [0.1, 0.15) is 0 Å². The summed E-state index contributed by atoms with van der Waals surface area (Å²) < 4.78 is 23.9. The number of hydrogen-bond donors (Lipinski definition) is 1. The average Bonchev–Trinajstić information content (AvgIpc) is 2.95. The van der Waals surface area contributed by atoms with Gasteiger partial charge in [-0.1, -0.05) is 35.3 Å². The number of benzene rings is 2. The van der Waals surface area contributed by atoms with E-state index >= 15 is 0 Å². The molecule has 1 amide bonds. The van der Waals surface area contributed by atoms with Crippen LogP contribution in [0.25, 0.3) is 11.0 Å². The molecule has 0 aliphatic heterocycles. The molecule has 8 heteroatoms. The molecule has 3 rings (SSSR count). The molecule has 1 aromatic heterocycles. The first-order chi connectivity index (χ1) is 12.4. The van der Waals surface area contributed by atoms with Crippen LogP contribution in [0.5, 0.6) is 0 Å². The van der Waals surface area contributed by atoms with Crippen LogP contribution in [-0.4, -0.2) is 18.5 Å². The first-order valence-corrected chi connectivity index (χ1v) is 8.22. The van der Waals surface area contributed by atoms with Gasteiger partial charge >= 0.3 is 5.97 Å². The number of aryl methyl sites for hydroxylation is 1. The molecule has 0 saturated carbocycles. The third kappa shape index (κ3) is 3.66. The van der Waals surface area contributed by atoms with Gasteiger partial charge in [0.25, 0.3) is 5.91 Å². The quantitative estimate of drug-likeness (QED) is 0.632. The van der Waals surface area contributed by atoms with Gasteiger partial charge in [-0.15, -0.1) is 0 Å². The zero-order valence-electron chi connectivity index (χ0n) is 13.4. The van der Waals surface area contributed by atoms with Gasteiger partial charge in [-0.05, 0) is 31.2 Å². The molecule has 5 nitrogen and oxygen atoms in total. The van der Waals surface area contributed by atoms with E-state index in [1.54, 1.807) is 19.1 Å². The Bertz CT molecular complexity index is 1020. The normalized spacial score (nSPS) is 10.8. The lowest BCUT2D eigenvalue weighted by Crippen LogP contribution is -2.21. The van der Waals surface area contributed by atoms with E-state index in [0.29, 0.717) is 21.7 Å². The van der Waals surface area contributed by atoms with Gasteiger partial charge in [0, 0.05) is 16.0 Å². The van der Waals surface area contributed by atoms with Crippen LogP contribution < -0.4 is 5.32 Å². The van der Waals surface area contributed by atoms with Crippen molar-refractivity contribution in [1.29, 1.82) is 0 Å². The highest BCUT2D eigenvalue weighted by atomic mass is 35.5. The molecule has 2 aromatic carbocycles. The summed E-state index contributed by atoms with van der Waals surface area (Å²) in [7, 11) is 0. The highest BCUT2D eigenvalue weighted by Crippen LogP contribution is 2.28. The molecule has 1 heterocycles. The summed E-state index contributed by atoms with van der Waals surface area (Å²) in [5.74, 6) is -2.22. The van der Waals surface area contributed by atoms with Crippen LogP contribution in [0, 0.1) is 12.7 Å². The maximum Gasteiger partial charge on any atom is 0.375 e. The maximum atomic E-state index is 13.7. The van der Waals surface area contributed by atoms with Crippen LogP contribution in [0.15, 0.2) is 40.8 Å². The van der Waals surface area contributed by atoms with Crippen LogP contribution in [0.2, 0.25) is 10.0 Å². The number of hydrogen-bond acceptors (Lipinski definition) is 4. The molecular formula is C18H12Cl2FNO4. The van der Waals surface area contributed by atoms with Crippen LogP contribution >= 0.6 is 23.2 Å². The Labute approximate surface area is 157 Å². The number of carbonyl (C=O) groups excluding carboxylic acids is 2. The number of halogens is 3. The van der Waals surface area contributed by atoms with E-state index in [1.165, 1.54) is 24.3 Å². The Hall–Kier alpha value is -2.57. The van der Waals surface area contributed by atoms with Crippen molar-refractivity contribution < 1.29 is 23.1 Å². The number of anilines is 1. The Balaban J connectivity index is 1.69. The van der Waals surface area contributed by atoms with Crippen molar-refractivity contribution in [2.75, 3.05) is 11.9 Å². The second kappa shape index (κ2) is 7.35. The molecule has 0 saturated heterocycles. The Morgan fingerprint density at radius 2 is 2.00 bits per heavy atom. The molecule has 0 atom stereocenters. The van der Waals surface area contributed by atoms with E-state index < -0.39 is 24.3 Å². The van der Waals surface area contributed by atoms with Crippen LogP contribution in [-0.2, 0) is 9.53 Å². The summed E-state index contributed by atoms with van der Waals surface area (Å²) >= 11 is 11.8. The zero-order chi connectivity index (χ0) is 18.8. The SMILES string of the molecule is Cc1c(C(=O)OCC(=O)Nc2cc(Cl)ccc2Cl)oc2c(F)cccc12. The van der Waals surface area contributed by atoms with E-state index in [2.05, 4.69) is 5.32 Å². The fourth-order valence-corrected chi connectivity index (χ4v) is 2.72. The third-order valence-electron chi connectivity index (χ3n) is 3.64. The summed E-state index contributed by atoms with van der Waals surface area (Å²) in [5.41, 5.74) is 0.692. The number of rotatable bonds is 4. The van der Waals surface area contributed by atoms with Crippen molar-refractivity contribution in [3.8, 4) is 0 Å². The second-order valence-electron chi connectivity index (χ2n) is 5.42. The summed E-state index contributed by atoms with van der Waals surface area (Å²) in [6, 6.07) is 8.93. The smallest absolute Gasteiger partial charge is 0.375 e. The zero-order valence-corrected chi connectivity index (χ0v) is 14.9. The molecule has 0 aliphatic rings. The maximum absolute atomic E-state index is 13.7. The number of ether oxygens (including phenoxy) is 1. The molecule has 0 bridgehead atoms. The summed E-state index contributed by atoms with van der Waals surface area (Å²) in [5, 5.41) is 3.63. The van der Waals surface area contributed by atoms with E-state index in [4.69, 9.17) is 32.4 Å². The Morgan fingerprint density at radius 3 is 2.73 bits per heavy atom. The summed E-state index contributed by atoms with van der Waals surface area (Å²) in [6.45, 7) is 1.04. The largest absolute Gasteiger partial charge is 0.450 e. The van der Waals surface area contributed by atoms with E-state index in [9.17, 15) is 14.0 Å². The van der Waals surface area contributed by atoms with Gasteiger partial charge in [-0.3, -0.25) is 4.79 Å². The molecule has 0 fully saturated rings. The van der Waals surface area contributed by atoms with Crippen molar-refractivity contribution in [2.45, 2.75) is 6.92 Å². The number of fused-ring (bicyclic) bond motifs is 1. The van der Waals surface area contributed by atoms with Crippen molar-refractivity contribution in [1.82, 2.24) is 0 Å².